The molecule has 0 aromatic rings. The highest BCUT2D eigenvalue weighted by Gasteiger charge is 2.27. The fraction of sp³-hybridized carbons (Fsp3) is 0.923. The summed E-state index contributed by atoms with van der Waals surface area (Å²) in [6, 6.07) is 0.566. The Morgan fingerprint density at radius 2 is 2.12 bits per heavy atom. The molecule has 1 saturated carbocycles. The van der Waals surface area contributed by atoms with E-state index in [1.165, 1.54) is 26.4 Å². The van der Waals surface area contributed by atoms with Crippen molar-refractivity contribution in [1.29, 1.82) is 0 Å². The molecule has 1 aliphatic carbocycles. The number of rotatable bonds is 4. The quantitative estimate of drug-likeness (QED) is 0.748. The normalized spacial score (nSPS) is 32.1. The van der Waals surface area contributed by atoms with Gasteiger partial charge in [0.1, 0.15) is 0 Å². The molecule has 4 atom stereocenters. The van der Waals surface area contributed by atoms with Crippen molar-refractivity contribution < 1.29 is 9.53 Å². The van der Waals surface area contributed by atoms with Crippen LogP contribution in [0, 0.1) is 17.8 Å². The third kappa shape index (κ3) is 3.48. The molecule has 1 N–H and O–H groups in total. The summed E-state index contributed by atoms with van der Waals surface area (Å²) in [5.41, 5.74) is 0. The van der Waals surface area contributed by atoms with Gasteiger partial charge in [0.05, 0.1) is 13.0 Å². The lowest BCUT2D eigenvalue weighted by atomic mass is 9.78. The van der Waals surface area contributed by atoms with Crippen molar-refractivity contribution in [2.45, 2.75) is 46.1 Å². The Morgan fingerprint density at radius 1 is 1.44 bits per heavy atom. The van der Waals surface area contributed by atoms with Crippen molar-refractivity contribution in [2.24, 2.45) is 17.8 Å². The smallest absolute Gasteiger partial charge is 0.309 e. The van der Waals surface area contributed by atoms with E-state index >= 15 is 0 Å². The highest BCUT2D eigenvalue weighted by Crippen LogP contribution is 2.29. The van der Waals surface area contributed by atoms with Gasteiger partial charge in [0.15, 0.2) is 0 Å². The van der Waals surface area contributed by atoms with Gasteiger partial charge in [-0.2, -0.15) is 0 Å². The molecule has 1 aliphatic rings. The summed E-state index contributed by atoms with van der Waals surface area (Å²) in [5, 5.41) is 3.52. The van der Waals surface area contributed by atoms with Gasteiger partial charge in [0.2, 0.25) is 0 Å². The maximum Gasteiger partial charge on any atom is 0.309 e. The zero-order valence-corrected chi connectivity index (χ0v) is 11.0. The summed E-state index contributed by atoms with van der Waals surface area (Å²) in [4.78, 5) is 11.3. The van der Waals surface area contributed by atoms with Gasteiger partial charge in [-0.25, -0.2) is 0 Å². The standard InChI is InChI=1S/C13H25NO2/c1-9-6-5-7-12(11(9)3)14-8-10(2)13(15)16-4/h9-12,14H,5-8H2,1-4H3. The van der Waals surface area contributed by atoms with Crippen LogP contribution in [0.25, 0.3) is 0 Å². The third-order valence-corrected chi connectivity index (χ3v) is 4.00. The Kier molecular flexibility index (Phi) is 5.26. The van der Waals surface area contributed by atoms with Gasteiger partial charge >= 0.3 is 5.97 Å². The molecule has 0 radical (unpaired) electrons. The van der Waals surface area contributed by atoms with Gasteiger partial charge in [-0.05, 0) is 18.3 Å². The van der Waals surface area contributed by atoms with E-state index < -0.39 is 0 Å². The molecule has 0 aromatic carbocycles. The monoisotopic (exact) mass is 227 g/mol. The Bertz CT molecular complexity index is 230. The van der Waals surface area contributed by atoms with Gasteiger partial charge in [-0.15, -0.1) is 0 Å². The van der Waals surface area contributed by atoms with Gasteiger partial charge in [-0.1, -0.05) is 33.6 Å². The molecule has 0 amide bonds. The second kappa shape index (κ2) is 6.24. The number of methoxy groups -OCH3 is 1. The molecule has 3 nitrogen and oxygen atoms in total. The number of ether oxygens (including phenoxy) is 1. The zero-order valence-electron chi connectivity index (χ0n) is 11.0. The predicted molar refractivity (Wildman–Crippen MR) is 65.1 cm³/mol. The molecule has 1 rings (SSSR count). The maximum absolute atomic E-state index is 11.3. The van der Waals surface area contributed by atoms with Crippen molar-refractivity contribution in [2.75, 3.05) is 13.7 Å². The van der Waals surface area contributed by atoms with E-state index in [1.807, 2.05) is 6.92 Å². The molecule has 3 heteroatoms. The van der Waals surface area contributed by atoms with Crippen LogP contribution in [0.3, 0.4) is 0 Å². The van der Waals surface area contributed by atoms with E-state index in [1.54, 1.807) is 0 Å². The third-order valence-electron chi connectivity index (χ3n) is 4.00. The first kappa shape index (κ1) is 13.5. The van der Waals surface area contributed by atoms with E-state index in [0.717, 1.165) is 12.5 Å². The number of carbonyl (C=O) groups excluding carboxylic acids is 1. The summed E-state index contributed by atoms with van der Waals surface area (Å²) in [6.45, 7) is 7.27. The lowest BCUT2D eigenvalue weighted by molar-refractivity contribution is -0.144. The lowest BCUT2D eigenvalue weighted by Gasteiger charge is -2.35. The number of carbonyl (C=O) groups is 1. The van der Waals surface area contributed by atoms with Gasteiger partial charge in [0.25, 0.3) is 0 Å². The van der Waals surface area contributed by atoms with Crippen LogP contribution < -0.4 is 5.32 Å². The molecule has 0 saturated heterocycles. The summed E-state index contributed by atoms with van der Waals surface area (Å²) in [5.74, 6) is 1.33. The summed E-state index contributed by atoms with van der Waals surface area (Å²) in [6.07, 6.45) is 3.88. The summed E-state index contributed by atoms with van der Waals surface area (Å²) < 4.78 is 4.72. The van der Waals surface area contributed by atoms with Crippen LogP contribution >= 0.6 is 0 Å². The van der Waals surface area contributed by atoms with Crippen LogP contribution in [-0.4, -0.2) is 25.7 Å². The van der Waals surface area contributed by atoms with Gasteiger partial charge in [-0.3, -0.25) is 4.79 Å². The minimum absolute atomic E-state index is 0.0468. The van der Waals surface area contributed by atoms with Crippen LogP contribution in [0.2, 0.25) is 0 Å². The second-order valence-electron chi connectivity index (χ2n) is 5.21. The fourth-order valence-electron chi connectivity index (χ4n) is 2.48. The first-order valence-electron chi connectivity index (χ1n) is 6.37. The Morgan fingerprint density at radius 3 is 2.75 bits per heavy atom. The maximum atomic E-state index is 11.3. The second-order valence-corrected chi connectivity index (χ2v) is 5.21. The van der Waals surface area contributed by atoms with E-state index in [-0.39, 0.29) is 11.9 Å². The highest BCUT2D eigenvalue weighted by atomic mass is 16.5. The van der Waals surface area contributed by atoms with Crippen LogP contribution in [0.4, 0.5) is 0 Å². The molecule has 4 unspecified atom stereocenters. The molecule has 1 fully saturated rings. The van der Waals surface area contributed by atoms with Gasteiger partial charge < -0.3 is 10.1 Å². The van der Waals surface area contributed by atoms with Gasteiger partial charge in [0, 0.05) is 12.6 Å². The highest BCUT2D eigenvalue weighted by molar-refractivity contribution is 5.72. The SMILES string of the molecule is COC(=O)C(C)CNC1CCCC(C)C1C. The van der Waals surface area contributed by atoms with E-state index in [4.69, 9.17) is 4.74 Å². The van der Waals surface area contributed by atoms with Crippen molar-refractivity contribution in [3.8, 4) is 0 Å². The average Bonchev–Trinajstić information content (AvgIpc) is 2.29. The molecule has 0 bridgehead atoms. The zero-order chi connectivity index (χ0) is 12.1. The molecular weight excluding hydrogens is 202 g/mol. The lowest BCUT2D eigenvalue weighted by Crippen LogP contribution is -2.43. The average molecular weight is 227 g/mol. The van der Waals surface area contributed by atoms with Crippen LogP contribution in [0.15, 0.2) is 0 Å². The summed E-state index contributed by atoms with van der Waals surface area (Å²) in [7, 11) is 1.45. The van der Waals surface area contributed by atoms with Crippen LogP contribution in [-0.2, 0) is 9.53 Å². The minimum Gasteiger partial charge on any atom is -0.469 e. The first-order valence-corrected chi connectivity index (χ1v) is 6.37. The summed E-state index contributed by atoms with van der Waals surface area (Å²) >= 11 is 0. The van der Waals surface area contributed by atoms with E-state index in [2.05, 4.69) is 19.2 Å². The first-order chi connectivity index (χ1) is 7.56. The van der Waals surface area contributed by atoms with Crippen molar-refractivity contribution in [3.05, 3.63) is 0 Å². The van der Waals surface area contributed by atoms with E-state index in [9.17, 15) is 4.79 Å². The van der Waals surface area contributed by atoms with Crippen molar-refractivity contribution in [1.82, 2.24) is 5.32 Å². The van der Waals surface area contributed by atoms with Crippen LogP contribution in [0.5, 0.6) is 0 Å². The molecular formula is C13H25NO2. The number of nitrogens with one attached hydrogen (secondary N) is 1. The fourth-order valence-corrected chi connectivity index (χ4v) is 2.48. The Hall–Kier alpha value is -0.570. The van der Waals surface area contributed by atoms with Crippen molar-refractivity contribution >= 4 is 5.97 Å². The molecule has 0 aliphatic heterocycles. The topological polar surface area (TPSA) is 38.3 Å². The molecule has 94 valence electrons. The predicted octanol–water partition coefficient (Wildman–Crippen LogP) is 2.21. The molecule has 0 heterocycles. The molecule has 0 aromatic heterocycles. The Labute approximate surface area is 98.9 Å². The van der Waals surface area contributed by atoms with Crippen LogP contribution in [0.1, 0.15) is 40.0 Å². The number of hydrogen-bond donors (Lipinski definition) is 1. The molecule has 0 spiro atoms. The number of esters is 1. The minimum atomic E-state index is -0.121. The number of hydrogen-bond acceptors (Lipinski definition) is 3. The van der Waals surface area contributed by atoms with E-state index in [0.29, 0.717) is 12.0 Å². The largest absolute Gasteiger partial charge is 0.469 e. The molecule has 16 heavy (non-hydrogen) atoms. The van der Waals surface area contributed by atoms with Crippen molar-refractivity contribution in [3.63, 3.8) is 0 Å². The Balaban J connectivity index is 2.34.